The molecule has 2 fully saturated rings. The number of amides is 2. The summed E-state index contributed by atoms with van der Waals surface area (Å²) < 4.78 is 5.29. The molecular weight excluding hydrogens is 428 g/mol. The number of anilines is 1. The van der Waals surface area contributed by atoms with Gasteiger partial charge in [-0.2, -0.15) is 0 Å². The van der Waals surface area contributed by atoms with Crippen molar-refractivity contribution in [1.82, 2.24) is 4.90 Å². The van der Waals surface area contributed by atoms with Gasteiger partial charge >= 0.3 is 0 Å². The summed E-state index contributed by atoms with van der Waals surface area (Å²) >= 11 is 6.19. The van der Waals surface area contributed by atoms with E-state index in [1.165, 1.54) is 18.1 Å². The summed E-state index contributed by atoms with van der Waals surface area (Å²) in [6, 6.07) is 11.1. The number of hydrogen-bond donors (Lipinski definition) is 0. The molecule has 0 unspecified atom stereocenters. The van der Waals surface area contributed by atoms with Gasteiger partial charge in [0.25, 0.3) is 0 Å². The lowest BCUT2D eigenvalue weighted by molar-refractivity contribution is -0.139. The number of ether oxygens (including phenoxy) is 1. The smallest absolute Gasteiger partial charge is 0.236 e. The van der Waals surface area contributed by atoms with Gasteiger partial charge in [-0.05, 0) is 35.9 Å². The largest absolute Gasteiger partial charge is 0.497 e. The molecule has 2 saturated heterocycles. The first kappa shape index (κ1) is 20.5. The highest BCUT2D eigenvalue weighted by atomic mass is 35.5. The molecule has 0 aromatic heterocycles. The van der Waals surface area contributed by atoms with E-state index in [1.807, 2.05) is 29.2 Å². The van der Waals surface area contributed by atoms with Crippen LogP contribution in [0.4, 0.5) is 5.69 Å². The summed E-state index contributed by atoms with van der Waals surface area (Å²) in [5.74, 6) is -1.69. The van der Waals surface area contributed by atoms with Crippen molar-refractivity contribution in [1.29, 1.82) is 0 Å². The third kappa shape index (κ3) is 2.90. The van der Waals surface area contributed by atoms with E-state index in [-0.39, 0.29) is 24.1 Å². The van der Waals surface area contributed by atoms with Crippen LogP contribution in [0.5, 0.6) is 5.75 Å². The van der Waals surface area contributed by atoms with Gasteiger partial charge in [0.2, 0.25) is 11.8 Å². The predicted octanol–water partition coefficient (Wildman–Crippen LogP) is 3.60. The first-order valence-corrected chi connectivity index (χ1v) is 10.7. The second kappa shape index (κ2) is 7.64. The lowest BCUT2D eigenvalue weighted by Gasteiger charge is -2.36. The summed E-state index contributed by atoms with van der Waals surface area (Å²) in [6.07, 6.45) is 5.34. The van der Waals surface area contributed by atoms with Crippen LogP contribution in [0.1, 0.15) is 15.9 Å². The number of fused-ring (bicyclic) bond motifs is 5. The Hall–Kier alpha value is -3.38. The maximum absolute atomic E-state index is 13.9. The quantitative estimate of drug-likeness (QED) is 0.397. The maximum atomic E-state index is 13.9. The molecular formula is C25H21ClN2O4. The second-order valence-corrected chi connectivity index (χ2v) is 8.56. The zero-order chi connectivity index (χ0) is 22.6. The predicted molar refractivity (Wildman–Crippen MR) is 122 cm³/mol. The number of carbonyl (C=O) groups excluding carboxylic acids is 3. The summed E-state index contributed by atoms with van der Waals surface area (Å²) in [6.45, 7) is 3.80. The Morgan fingerprint density at radius 3 is 2.69 bits per heavy atom. The normalized spacial score (nSPS) is 25.4. The molecule has 0 radical (unpaired) electrons. The minimum Gasteiger partial charge on any atom is -0.497 e. The van der Waals surface area contributed by atoms with Crippen LogP contribution in [0.15, 0.2) is 61.2 Å². The minimum atomic E-state index is -0.826. The summed E-state index contributed by atoms with van der Waals surface area (Å²) in [7, 11) is 1.53. The third-order valence-electron chi connectivity index (χ3n) is 6.49. The Labute approximate surface area is 190 Å². The Balaban J connectivity index is 1.66. The monoisotopic (exact) mass is 448 g/mol. The van der Waals surface area contributed by atoms with Crippen molar-refractivity contribution in [3.05, 3.63) is 77.3 Å². The van der Waals surface area contributed by atoms with Crippen molar-refractivity contribution in [2.75, 3.05) is 18.6 Å². The Morgan fingerprint density at radius 2 is 1.94 bits per heavy atom. The van der Waals surface area contributed by atoms with E-state index in [4.69, 9.17) is 16.3 Å². The number of nitrogens with zero attached hydrogens (tertiary/aromatic N) is 2. The van der Waals surface area contributed by atoms with Gasteiger partial charge in [-0.3, -0.25) is 19.3 Å². The first-order valence-electron chi connectivity index (χ1n) is 10.4. The average molecular weight is 449 g/mol. The van der Waals surface area contributed by atoms with Gasteiger partial charge in [-0.1, -0.05) is 42.0 Å². The number of ketones is 1. The molecule has 162 valence electrons. The number of imide groups is 1. The minimum absolute atomic E-state index is 0.132. The van der Waals surface area contributed by atoms with Crippen LogP contribution in [0, 0.1) is 11.8 Å². The standard InChI is InChI=1S/C25H21ClN2O4/c1-3-11-27-24(30)20-19-9-7-14-12-16(26)8-10-18(14)28(19)22(21(20)25(27)31)23(29)15-5-4-6-17(13-15)32-2/h3-10,12-13,19-22H,1,11H2,2H3/t19-,20-,21-,22+/m0/s1. The second-order valence-electron chi connectivity index (χ2n) is 8.13. The number of hydrogen-bond acceptors (Lipinski definition) is 5. The van der Waals surface area contributed by atoms with E-state index in [0.29, 0.717) is 16.3 Å². The molecule has 0 spiro atoms. The van der Waals surface area contributed by atoms with Crippen molar-refractivity contribution in [2.45, 2.75) is 12.1 Å². The number of Topliss-reactive ketones (excluding diaryl/α,β-unsaturated/α-hetero) is 1. The highest BCUT2D eigenvalue weighted by molar-refractivity contribution is 6.30. The Kier molecular flexibility index (Phi) is 4.90. The van der Waals surface area contributed by atoms with E-state index >= 15 is 0 Å². The number of likely N-dealkylation sites (tertiary alicyclic amines) is 1. The van der Waals surface area contributed by atoms with Gasteiger partial charge < -0.3 is 9.64 Å². The molecule has 5 rings (SSSR count). The number of halogens is 1. The average Bonchev–Trinajstić information content (AvgIpc) is 3.27. The molecule has 4 atom stereocenters. The van der Waals surface area contributed by atoms with E-state index in [0.717, 1.165) is 11.3 Å². The topological polar surface area (TPSA) is 66.9 Å². The third-order valence-corrected chi connectivity index (χ3v) is 6.73. The molecule has 7 heteroatoms. The highest BCUT2D eigenvalue weighted by Gasteiger charge is 2.63. The van der Waals surface area contributed by atoms with Crippen LogP contribution in [-0.2, 0) is 9.59 Å². The summed E-state index contributed by atoms with van der Waals surface area (Å²) in [4.78, 5) is 43.6. The molecule has 3 aliphatic heterocycles. The van der Waals surface area contributed by atoms with Crippen LogP contribution >= 0.6 is 11.6 Å². The molecule has 32 heavy (non-hydrogen) atoms. The number of carbonyl (C=O) groups is 3. The van der Waals surface area contributed by atoms with Crippen LogP contribution < -0.4 is 9.64 Å². The maximum Gasteiger partial charge on any atom is 0.236 e. The van der Waals surface area contributed by atoms with Crippen molar-refractivity contribution < 1.29 is 19.1 Å². The van der Waals surface area contributed by atoms with Crippen LogP contribution in [-0.4, -0.2) is 48.2 Å². The SMILES string of the molecule is C=CCN1C(=O)[C@@H]2[C@H](C1=O)[C@H](C(=O)c1cccc(OC)c1)N1c3ccc(Cl)cc3C=C[C@@H]21. The molecule has 2 amide bonds. The Morgan fingerprint density at radius 1 is 1.16 bits per heavy atom. The lowest BCUT2D eigenvalue weighted by Crippen LogP contribution is -2.48. The molecule has 6 nitrogen and oxygen atoms in total. The fraction of sp³-hybridized carbons (Fsp3) is 0.240. The summed E-state index contributed by atoms with van der Waals surface area (Å²) in [5, 5.41) is 0.575. The molecule has 2 aromatic carbocycles. The van der Waals surface area contributed by atoms with Crippen molar-refractivity contribution >= 4 is 41.0 Å². The molecule has 3 heterocycles. The van der Waals surface area contributed by atoms with Crippen LogP contribution in [0.25, 0.3) is 6.08 Å². The van der Waals surface area contributed by atoms with E-state index in [1.54, 1.807) is 30.3 Å². The van der Waals surface area contributed by atoms with Crippen molar-refractivity contribution in [2.24, 2.45) is 11.8 Å². The van der Waals surface area contributed by atoms with E-state index in [2.05, 4.69) is 6.58 Å². The highest BCUT2D eigenvalue weighted by Crippen LogP contribution is 2.49. The zero-order valence-electron chi connectivity index (χ0n) is 17.4. The molecule has 0 bridgehead atoms. The fourth-order valence-corrected chi connectivity index (χ4v) is 5.34. The van der Waals surface area contributed by atoms with Gasteiger partial charge in [0.1, 0.15) is 11.8 Å². The van der Waals surface area contributed by atoms with E-state index in [9.17, 15) is 14.4 Å². The van der Waals surface area contributed by atoms with Crippen LogP contribution in [0.2, 0.25) is 5.02 Å². The fourth-order valence-electron chi connectivity index (χ4n) is 5.16. The first-order chi connectivity index (χ1) is 15.5. The van der Waals surface area contributed by atoms with Gasteiger partial charge in [-0.25, -0.2) is 0 Å². The van der Waals surface area contributed by atoms with Gasteiger partial charge in [0.15, 0.2) is 5.78 Å². The number of methoxy groups -OCH3 is 1. The lowest BCUT2D eigenvalue weighted by atomic mass is 9.86. The van der Waals surface area contributed by atoms with Crippen molar-refractivity contribution in [3.8, 4) is 5.75 Å². The van der Waals surface area contributed by atoms with Crippen molar-refractivity contribution in [3.63, 3.8) is 0 Å². The van der Waals surface area contributed by atoms with E-state index < -0.39 is 23.9 Å². The Bertz CT molecular complexity index is 1190. The van der Waals surface area contributed by atoms with Gasteiger partial charge in [0, 0.05) is 22.8 Å². The number of benzene rings is 2. The molecule has 0 aliphatic carbocycles. The molecule has 0 N–H and O–H groups in total. The molecule has 2 aromatic rings. The van der Waals surface area contributed by atoms with Gasteiger partial charge in [0.05, 0.1) is 25.0 Å². The van der Waals surface area contributed by atoms with Gasteiger partial charge in [-0.15, -0.1) is 6.58 Å². The molecule has 0 saturated carbocycles. The molecule has 3 aliphatic rings. The van der Waals surface area contributed by atoms with Crippen LogP contribution in [0.3, 0.4) is 0 Å². The number of rotatable bonds is 5. The summed E-state index contributed by atoms with van der Waals surface area (Å²) in [5.41, 5.74) is 2.06. The zero-order valence-corrected chi connectivity index (χ0v) is 18.2.